The predicted molar refractivity (Wildman–Crippen MR) is 140 cm³/mol. The van der Waals surface area contributed by atoms with Crippen molar-refractivity contribution in [3.63, 3.8) is 0 Å². The average Bonchev–Trinajstić information content (AvgIpc) is 3.29. The molecule has 1 heterocycles. The van der Waals surface area contributed by atoms with Crippen molar-refractivity contribution in [3.05, 3.63) is 132 Å². The molecule has 4 aromatic rings. The van der Waals surface area contributed by atoms with E-state index in [2.05, 4.69) is 0 Å². The van der Waals surface area contributed by atoms with Gasteiger partial charge in [-0.1, -0.05) is 72.8 Å². The van der Waals surface area contributed by atoms with Gasteiger partial charge in [0.05, 0.1) is 6.10 Å². The maximum Gasteiger partial charge on any atom is 0.415 e. The van der Waals surface area contributed by atoms with Crippen LogP contribution in [-0.2, 0) is 17.8 Å². The molecule has 0 aromatic heterocycles. The first-order valence-corrected chi connectivity index (χ1v) is 12.3. The molecule has 5 rings (SSSR count). The zero-order valence-electron chi connectivity index (χ0n) is 20.2. The number of nitrogens with zero attached hydrogens (tertiary/aromatic N) is 1. The first-order chi connectivity index (χ1) is 18.1. The molecule has 0 bridgehead atoms. The number of aliphatic hydroxyl groups is 1. The number of carbonyl (C=O) groups is 1. The highest BCUT2D eigenvalue weighted by atomic mass is 19.1. The minimum absolute atomic E-state index is 0.396. The summed E-state index contributed by atoms with van der Waals surface area (Å²) >= 11 is 0. The van der Waals surface area contributed by atoms with Crippen LogP contribution in [0, 0.1) is 5.82 Å². The third kappa shape index (κ3) is 5.81. The number of cyclic esters (lactones) is 1. The molecule has 37 heavy (non-hydrogen) atoms. The van der Waals surface area contributed by atoms with E-state index in [0.29, 0.717) is 30.9 Å². The molecule has 0 saturated carbocycles. The van der Waals surface area contributed by atoms with Crippen molar-refractivity contribution in [3.8, 4) is 5.75 Å². The third-order valence-corrected chi connectivity index (χ3v) is 6.55. The van der Waals surface area contributed by atoms with Gasteiger partial charge < -0.3 is 14.6 Å². The molecule has 0 spiro atoms. The highest BCUT2D eigenvalue weighted by Crippen LogP contribution is 2.40. The van der Waals surface area contributed by atoms with Crippen LogP contribution < -0.4 is 9.64 Å². The van der Waals surface area contributed by atoms with E-state index < -0.39 is 30.2 Å². The molecule has 188 valence electrons. The van der Waals surface area contributed by atoms with Crippen molar-refractivity contribution in [2.45, 2.75) is 37.7 Å². The normalized spacial score (nSPS) is 17.9. The lowest BCUT2D eigenvalue weighted by atomic mass is 9.93. The highest BCUT2D eigenvalue weighted by molar-refractivity contribution is 5.91. The number of hydrogen-bond acceptors (Lipinski definition) is 4. The van der Waals surface area contributed by atoms with Gasteiger partial charge in [-0.2, -0.15) is 0 Å². The Morgan fingerprint density at radius 2 is 1.46 bits per heavy atom. The second-order valence-corrected chi connectivity index (χ2v) is 9.07. The number of aliphatic hydroxyl groups excluding tert-OH is 1. The second kappa shape index (κ2) is 11.3. The van der Waals surface area contributed by atoms with Gasteiger partial charge in [-0.3, -0.25) is 4.90 Å². The molecule has 1 fully saturated rings. The van der Waals surface area contributed by atoms with Crippen LogP contribution in [0.2, 0.25) is 0 Å². The first-order valence-electron chi connectivity index (χ1n) is 12.3. The molecule has 5 nitrogen and oxygen atoms in total. The van der Waals surface area contributed by atoms with Crippen molar-refractivity contribution >= 4 is 11.8 Å². The van der Waals surface area contributed by atoms with Crippen LogP contribution >= 0.6 is 0 Å². The van der Waals surface area contributed by atoms with Crippen molar-refractivity contribution < 1.29 is 23.8 Å². The summed E-state index contributed by atoms with van der Waals surface area (Å²) in [6.07, 6.45) is -1.20. The Labute approximate surface area is 215 Å². The largest absolute Gasteiger partial charge is 0.489 e. The third-order valence-electron chi connectivity index (χ3n) is 6.55. The Morgan fingerprint density at radius 1 is 0.838 bits per heavy atom. The number of anilines is 1. The lowest BCUT2D eigenvalue weighted by Crippen LogP contribution is -2.35. The summed E-state index contributed by atoms with van der Waals surface area (Å²) in [7, 11) is 0. The van der Waals surface area contributed by atoms with Gasteiger partial charge in [-0.15, -0.1) is 0 Å². The van der Waals surface area contributed by atoms with Crippen LogP contribution in [0.15, 0.2) is 109 Å². The summed E-state index contributed by atoms with van der Waals surface area (Å²) in [4.78, 5) is 14.5. The Hall–Kier alpha value is -4.16. The number of aryl methyl sites for hydroxylation is 1. The summed E-state index contributed by atoms with van der Waals surface area (Å²) in [6, 6.07) is 32.3. The van der Waals surface area contributed by atoms with Crippen molar-refractivity contribution in [2.24, 2.45) is 0 Å². The SMILES string of the molecule is O=C1O[C@H]([C@H](O)CCc2ccccc2)[C@@H](c2ccc(OCc3ccccc3)cc2)N1c1ccc(F)cc1. The van der Waals surface area contributed by atoms with E-state index in [1.54, 1.807) is 12.1 Å². The minimum Gasteiger partial charge on any atom is -0.489 e. The second-order valence-electron chi connectivity index (χ2n) is 9.07. The van der Waals surface area contributed by atoms with Gasteiger partial charge in [-0.05, 0) is 65.9 Å². The molecule has 1 amide bonds. The Balaban J connectivity index is 1.38. The molecule has 1 aliphatic heterocycles. The number of halogens is 1. The van der Waals surface area contributed by atoms with Crippen LogP contribution in [-0.4, -0.2) is 23.4 Å². The molecule has 1 saturated heterocycles. The summed E-state index contributed by atoms with van der Waals surface area (Å²) in [6.45, 7) is 0.438. The van der Waals surface area contributed by atoms with E-state index >= 15 is 0 Å². The van der Waals surface area contributed by atoms with Gasteiger partial charge in [0.15, 0.2) is 6.10 Å². The standard InChI is InChI=1S/C31H28FNO4/c32-25-14-16-26(17-15-25)33-29(24-12-18-27(19-13-24)36-21-23-9-5-2-6-10-23)30(37-31(33)35)28(34)20-11-22-7-3-1-4-8-22/h1-10,12-19,28-30,34H,11,20-21H2/t28-,29-,30-/m1/s1. The van der Waals surface area contributed by atoms with E-state index in [1.807, 2.05) is 84.9 Å². The monoisotopic (exact) mass is 497 g/mol. The Morgan fingerprint density at radius 3 is 2.11 bits per heavy atom. The summed E-state index contributed by atoms with van der Waals surface area (Å²) < 4.78 is 25.2. The molecular weight excluding hydrogens is 469 g/mol. The fourth-order valence-electron chi connectivity index (χ4n) is 4.62. The Bertz CT molecular complexity index is 1300. The molecule has 1 aliphatic rings. The summed E-state index contributed by atoms with van der Waals surface area (Å²) in [5.74, 6) is 0.291. The van der Waals surface area contributed by atoms with Crippen LogP contribution in [0.4, 0.5) is 14.9 Å². The van der Waals surface area contributed by atoms with Gasteiger partial charge in [0.25, 0.3) is 0 Å². The number of amides is 1. The molecule has 6 heteroatoms. The number of rotatable bonds is 9. The number of hydrogen-bond donors (Lipinski definition) is 1. The van der Waals surface area contributed by atoms with Gasteiger partial charge in [-0.25, -0.2) is 9.18 Å². The first kappa shape index (κ1) is 24.5. The van der Waals surface area contributed by atoms with E-state index in [9.17, 15) is 14.3 Å². The maximum absolute atomic E-state index is 13.6. The smallest absolute Gasteiger partial charge is 0.415 e. The van der Waals surface area contributed by atoms with Crippen LogP contribution in [0.25, 0.3) is 0 Å². The van der Waals surface area contributed by atoms with E-state index in [1.165, 1.54) is 17.0 Å². The van der Waals surface area contributed by atoms with Crippen LogP contribution in [0.5, 0.6) is 5.75 Å². The van der Waals surface area contributed by atoms with E-state index in [-0.39, 0.29) is 0 Å². The number of benzene rings is 4. The summed E-state index contributed by atoms with van der Waals surface area (Å²) in [5.41, 5.74) is 3.44. The van der Waals surface area contributed by atoms with E-state index in [0.717, 1.165) is 16.7 Å². The van der Waals surface area contributed by atoms with Crippen molar-refractivity contribution in [1.29, 1.82) is 0 Å². The quantitative estimate of drug-likeness (QED) is 0.288. The molecule has 3 atom stereocenters. The Kier molecular flexibility index (Phi) is 7.47. The molecule has 0 radical (unpaired) electrons. The van der Waals surface area contributed by atoms with Gasteiger partial charge in [0.1, 0.15) is 24.2 Å². The number of ether oxygens (including phenoxy) is 2. The average molecular weight is 498 g/mol. The topological polar surface area (TPSA) is 59.0 Å². The fourth-order valence-corrected chi connectivity index (χ4v) is 4.62. The van der Waals surface area contributed by atoms with Gasteiger partial charge >= 0.3 is 6.09 Å². The number of carbonyl (C=O) groups excluding carboxylic acids is 1. The van der Waals surface area contributed by atoms with Crippen LogP contribution in [0.3, 0.4) is 0 Å². The lowest BCUT2D eigenvalue weighted by Gasteiger charge is -2.27. The molecule has 1 N–H and O–H groups in total. The van der Waals surface area contributed by atoms with Crippen molar-refractivity contribution in [2.75, 3.05) is 4.90 Å². The molecular formula is C31H28FNO4. The van der Waals surface area contributed by atoms with Crippen LogP contribution in [0.1, 0.15) is 29.2 Å². The van der Waals surface area contributed by atoms with Crippen molar-refractivity contribution in [1.82, 2.24) is 0 Å². The minimum atomic E-state index is -0.895. The zero-order chi connectivity index (χ0) is 25.6. The highest BCUT2D eigenvalue weighted by Gasteiger charge is 2.46. The molecule has 0 aliphatic carbocycles. The zero-order valence-corrected chi connectivity index (χ0v) is 20.2. The molecule has 4 aromatic carbocycles. The molecule has 0 unspecified atom stereocenters. The van der Waals surface area contributed by atoms with E-state index in [4.69, 9.17) is 9.47 Å². The predicted octanol–water partition coefficient (Wildman–Crippen LogP) is 6.46. The summed E-state index contributed by atoms with van der Waals surface area (Å²) in [5, 5.41) is 11.1. The fraction of sp³-hybridized carbons (Fsp3) is 0.194. The van der Waals surface area contributed by atoms with Gasteiger partial charge in [0, 0.05) is 5.69 Å². The lowest BCUT2D eigenvalue weighted by molar-refractivity contribution is 0.0146. The maximum atomic E-state index is 13.6. The van der Waals surface area contributed by atoms with Gasteiger partial charge in [0.2, 0.25) is 0 Å².